The molecule has 1 aliphatic rings. The molecular weight excluding hydrogens is 376 g/mol. The van der Waals surface area contributed by atoms with Crippen molar-refractivity contribution >= 4 is 29.0 Å². The third-order valence-electron chi connectivity index (χ3n) is 5.08. The van der Waals surface area contributed by atoms with Gasteiger partial charge in [-0.25, -0.2) is 0 Å². The molecule has 1 amide bonds. The number of amides is 1. The van der Waals surface area contributed by atoms with Crippen molar-refractivity contribution in [3.63, 3.8) is 0 Å². The average Bonchev–Trinajstić information content (AvgIpc) is 3.17. The SMILES string of the molecule is CCNc1cc(Cl)cc(C(=O)NCc2c(N3CCCC3)[nH]c(C)cc2=O)c1C. The van der Waals surface area contributed by atoms with Crippen LogP contribution in [0, 0.1) is 13.8 Å². The Balaban J connectivity index is 1.85. The number of benzene rings is 1. The molecule has 1 aromatic heterocycles. The number of pyridine rings is 1. The van der Waals surface area contributed by atoms with E-state index in [0.717, 1.165) is 55.2 Å². The topological polar surface area (TPSA) is 77.2 Å². The Bertz CT molecular complexity index is 933. The summed E-state index contributed by atoms with van der Waals surface area (Å²) < 4.78 is 0. The minimum atomic E-state index is -0.244. The molecule has 3 N–H and O–H groups in total. The molecule has 150 valence electrons. The molecular formula is C21H27ClN4O2. The Labute approximate surface area is 170 Å². The fraction of sp³-hybridized carbons (Fsp3) is 0.429. The molecule has 7 heteroatoms. The molecule has 1 aromatic carbocycles. The van der Waals surface area contributed by atoms with E-state index in [1.807, 2.05) is 26.8 Å². The van der Waals surface area contributed by atoms with Gasteiger partial charge >= 0.3 is 0 Å². The van der Waals surface area contributed by atoms with Gasteiger partial charge in [0.1, 0.15) is 5.82 Å². The average molecular weight is 403 g/mol. The fourth-order valence-electron chi connectivity index (χ4n) is 3.63. The normalized spacial score (nSPS) is 13.6. The molecule has 1 saturated heterocycles. The summed E-state index contributed by atoms with van der Waals surface area (Å²) in [6.45, 7) is 8.49. The molecule has 1 aliphatic heterocycles. The van der Waals surface area contributed by atoms with Crippen LogP contribution >= 0.6 is 11.6 Å². The first-order valence-corrected chi connectivity index (χ1v) is 10.1. The summed E-state index contributed by atoms with van der Waals surface area (Å²) in [5, 5.41) is 6.62. The van der Waals surface area contributed by atoms with Gasteiger partial charge in [0.25, 0.3) is 5.91 Å². The summed E-state index contributed by atoms with van der Waals surface area (Å²) in [5.41, 5.74) is 3.53. The Hall–Kier alpha value is -2.47. The van der Waals surface area contributed by atoms with Crippen LogP contribution < -0.4 is 21.0 Å². The van der Waals surface area contributed by atoms with Crippen LogP contribution in [0.2, 0.25) is 5.02 Å². The van der Waals surface area contributed by atoms with Gasteiger partial charge in [-0.05, 0) is 51.3 Å². The van der Waals surface area contributed by atoms with Gasteiger partial charge in [-0.1, -0.05) is 11.6 Å². The van der Waals surface area contributed by atoms with Crippen molar-refractivity contribution in [2.75, 3.05) is 29.9 Å². The smallest absolute Gasteiger partial charge is 0.251 e. The van der Waals surface area contributed by atoms with Gasteiger partial charge in [0.2, 0.25) is 0 Å². The van der Waals surface area contributed by atoms with Gasteiger partial charge < -0.3 is 20.5 Å². The van der Waals surface area contributed by atoms with Crippen LogP contribution in [0.15, 0.2) is 23.0 Å². The van der Waals surface area contributed by atoms with E-state index in [0.29, 0.717) is 16.1 Å². The van der Waals surface area contributed by atoms with Crippen molar-refractivity contribution in [2.24, 2.45) is 0 Å². The standard InChI is InChI=1S/C21H27ClN4O2/c1-4-23-18-11-15(22)10-16(14(18)3)21(28)24-12-17-19(27)9-13(2)25-20(17)26-7-5-6-8-26/h9-11,23H,4-8,12H2,1-3H3,(H,24,28)(H,25,27). The van der Waals surface area contributed by atoms with Crippen molar-refractivity contribution in [3.05, 3.63) is 55.8 Å². The number of hydrogen-bond donors (Lipinski definition) is 3. The summed E-state index contributed by atoms with van der Waals surface area (Å²) in [4.78, 5) is 30.9. The number of nitrogens with one attached hydrogen (secondary N) is 3. The van der Waals surface area contributed by atoms with Crippen LogP contribution in [0.25, 0.3) is 0 Å². The first kappa shape index (κ1) is 20.3. The Kier molecular flexibility index (Phi) is 6.29. The first-order valence-electron chi connectivity index (χ1n) is 9.70. The van der Waals surface area contributed by atoms with E-state index in [4.69, 9.17) is 11.6 Å². The number of hydrogen-bond acceptors (Lipinski definition) is 4. The molecule has 1 fully saturated rings. The van der Waals surface area contributed by atoms with Crippen LogP contribution in [0.4, 0.5) is 11.5 Å². The van der Waals surface area contributed by atoms with Crippen molar-refractivity contribution in [1.82, 2.24) is 10.3 Å². The number of carbonyl (C=O) groups is 1. The maximum atomic E-state index is 12.8. The first-order chi connectivity index (χ1) is 13.4. The maximum Gasteiger partial charge on any atom is 0.251 e. The highest BCUT2D eigenvalue weighted by molar-refractivity contribution is 6.31. The summed E-state index contributed by atoms with van der Waals surface area (Å²) in [6, 6.07) is 5.05. The van der Waals surface area contributed by atoms with E-state index in [-0.39, 0.29) is 17.9 Å². The molecule has 28 heavy (non-hydrogen) atoms. The van der Waals surface area contributed by atoms with Crippen molar-refractivity contribution < 1.29 is 4.79 Å². The number of H-pyrrole nitrogens is 1. The summed E-state index contributed by atoms with van der Waals surface area (Å²) in [6.07, 6.45) is 2.22. The number of aryl methyl sites for hydroxylation is 1. The lowest BCUT2D eigenvalue weighted by molar-refractivity contribution is 0.0950. The van der Waals surface area contributed by atoms with E-state index in [1.165, 1.54) is 0 Å². The lowest BCUT2D eigenvalue weighted by Gasteiger charge is -2.21. The highest BCUT2D eigenvalue weighted by Crippen LogP contribution is 2.25. The zero-order valence-electron chi connectivity index (χ0n) is 16.6. The predicted octanol–water partition coefficient (Wildman–Crippen LogP) is 3.61. The van der Waals surface area contributed by atoms with E-state index in [1.54, 1.807) is 12.1 Å². The van der Waals surface area contributed by atoms with Gasteiger partial charge in [0.15, 0.2) is 5.43 Å². The van der Waals surface area contributed by atoms with Gasteiger partial charge in [-0.2, -0.15) is 0 Å². The maximum absolute atomic E-state index is 12.8. The molecule has 0 bridgehead atoms. The molecule has 0 unspecified atom stereocenters. The lowest BCUT2D eigenvalue weighted by Crippen LogP contribution is -2.31. The van der Waals surface area contributed by atoms with Crippen molar-refractivity contribution in [1.29, 1.82) is 0 Å². The van der Waals surface area contributed by atoms with E-state index >= 15 is 0 Å². The largest absolute Gasteiger partial charge is 0.385 e. The molecule has 0 radical (unpaired) electrons. The molecule has 2 heterocycles. The second kappa shape index (κ2) is 8.69. The monoisotopic (exact) mass is 402 g/mol. The molecule has 0 saturated carbocycles. The number of anilines is 2. The molecule has 0 atom stereocenters. The van der Waals surface area contributed by atoms with Crippen LogP contribution in [0.3, 0.4) is 0 Å². The molecule has 6 nitrogen and oxygen atoms in total. The number of halogens is 1. The summed E-state index contributed by atoms with van der Waals surface area (Å²) >= 11 is 6.19. The van der Waals surface area contributed by atoms with Gasteiger partial charge in [-0.3, -0.25) is 9.59 Å². The fourth-order valence-corrected chi connectivity index (χ4v) is 3.85. The highest BCUT2D eigenvalue weighted by atomic mass is 35.5. The highest BCUT2D eigenvalue weighted by Gasteiger charge is 2.20. The van der Waals surface area contributed by atoms with E-state index < -0.39 is 0 Å². The third kappa shape index (κ3) is 4.33. The molecule has 0 spiro atoms. The summed E-state index contributed by atoms with van der Waals surface area (Å²) in [5.74, 6) is 0.574. The van der Waals surface area contributed by atoms with Gasteiger partial charge in [0.05, 0.1) is 12.1 Å². The van der Waals surface area contributed by atoms with Crippen LogP contribution in [-0.2, 0) is 6.54 Å². The number of rotatable bonds is 6. The minimum Gasteiger partial charge on any atom is -0.385 e. The summed E-state index contributed by atoms with van der Waals surface area (Å²) in [7, 11) is 0. The molecule has 2 aromatic rings. The van der Waals surface area contributed by atoms with Gasteiger partial charge in [-0.15, -0.1) is 0 Å². The van der Waals surface area contributed by atoms with Crippen LogP contribution in [0.1, 0.15) is 46.9 Å². The Morgan fingerprint density at radius 1 is 1.21 bits per heavy atom. The number of aromatic amines is 1. The predicted molar refractivity (Wildman–Crippen MR) is 115 cm³/mol. The van der Waals surface area contributed by atoms with Crippen LogP contribution in [-0.4, -0.2) is 30.5 Å². The van der Waals surface area contributed by atoms with Crippen LogP contribution in [0.5, 0.6) is 0 Å². The van der Waals surface area contributed by atoms with Gasteiger partial charge in [0, 0.05) is 47.7 Å². The van der Waals surface area contributed by atoms with Crippen molar-refractivity contribution in [2.45, 2.75) is 40.2 Å². The number of carbonyl (C=O) groups excluding carboxylic acids is 1. The zero-order valence-corrected chi connectivity index (χ0v) is 17.4. The molecule has 0 aliphatic carbocycles. The second-order valence-corrected chi connectivity index (χ2v) is 7.61. The molecule has 3 rings (SSSR count). The zero-order chi connectivity index (χ0) is 20.3. The quantitative estimate of drug-likeness (QED) is 0.689. The van der Waals surface area contributed by atoms with E-state index in [2.05, 4.69) is 20.5 Å². The third-order valence-corrected chi connectivity index (χ3v) is 5.30. The number of aromatic nitrogens is 1. The Morgan fingerprint density at radius 3 is 2.61 bits per heavy atom. The van der Waals surface area contributed by atoms with E-state index in [9.17, 15) is 9.59 Å². The van der Waals surface area contributed by atoms with Crippen molar-refractivity contribution in [3.8, 4) is 0 Å². The second-order valence-electron chi connectivity index (χ2n) is 7.18. The Morgan fingerprint density at radius 2 is 1.93 bits per heavy atom. The number of nitrogens with zero attached hydrogens (tertiary/aromatic N) is 1. The lowest BCUT2D eigenvalue weighted by atomic mass is 10.1. The minimum absolute atomic E-state index is 0.0606.